The lowest BCUT2D eigenvalue weighted by Crippen LogP contribution is -2.51. The third-order valence-electron chi connectivity index (χ3n) is 6.16. The Bertz CT molecular complexity index is 969. The number of piperidine rings is 1. The van der Waals surface area contributed by atoms with Crippen LogP contribution in [-0.4, -0.2) is 49.5 Å². The molecule has 2 aliphatic rings. The summed E-state index contributed by atoms with van der Waals surface area (Å²) in [5.74, 6) is 0.806. The van der Waals surface area contributed by atoms with Crippen molar-refractivity contribution >= 4 is 41.5 Å². The summed E-state index contributed by atoms with van der Waals surface area (Å²) in [7, 11) is 1.78. The summed E-state index contributed by atoms with van der Waals surface area (Å²) in [5, 5.41) is 6.93. The first kappa shape index (κ1) is 25.3. The van der Waals surface area contributed by atoms with Crippen LogP contribution in [0.15, 0.2) is 53.5 Å². The zero-order valence-corrected chi connectivity index (χ0v) is 21.4. The molecule has 4 rings (SSSR count). The molecule has 2 aliphatic heterocycles. The van der Waals surface area contributed by atoms with Crippen molar-refractivity contribution < 1.29 is 9.18 Å². The summed E-state index contributed by atoms with van der Waals surface area (Å²) in [6, 6.07) is 15.4. The molecule has 2 N–H and O–H groups in total. The van der Waals surface area contributed by atoms with Crippen LogP contribution in [0.2, 0.25) is 0 Å². The van der Waals surface area contributed by atoms with Crippen LogP contribution in [0, 0.1) is 5.82 Å². The van der Waals surface area contributed by atoms with Gasteiger partial charge in [-0.25, -0.2) is 4.39 Å². The van der Waals surface area contributed by atoms with E-state index in [4.69, 9.17) is 0 Å². The second-order valence-corrected chi connectivity index (χ2v) is 8.57. The van der Waals surface area contributed by atoms with E-state index in [0.717, 1.165) is 61.7 Å². The molecule has 2 heterocycles. The zero-order valence-electron chi connectivity index (χ0n) is 19.1. The molecule has 2 aromatic rings. The van der Waals surface area contributed by atoms with E-state index >= 15 is 0 Å². The van der Waals surface area contributed by atoms with Gasteiger partial charge >= 0.3 is 0 Å². The molecule has 0 aromatic heterocycles. The van der Waals surface area contributed by atoms with Gasteiger partial charge in [-0.2, -0.15) is 0 Å². The number of halogens is 2. The van der Waals surface area contributed by atoms with Crippen molar-refractivity contribution in [3.05, 3.63) is 65.5 Å². The number of rotatable bonds is 6. The van der Waals surface area contributed by atoms with Gasteiger partial charge in [-0.1, -0.05) is 30.3 Å². The molecule has 2 aromatic carbocycles. The van der Waals surface area contributed by atoms with Crippen LogP contribution in [0.1, 0.15) is 36.8 Å². The molecule has 0 spiro atoms. The van der Waals surface area contributed by atoms with Gasteiger partial charge in [0.2, 0.25) is 5.91 Å². The molecule has 2 fully saturated rings. The molecule has 178 valence electrons. The topological polar surface area (TPSA) is 60.0 Å². The van der Waals surface area contributed by atoms with Gasteiger partial charge in [0, 0.05) is 57.9 Å². The fourth-order valence-corrected chi connectivity index (χ4v) is 4.51. The first-order valence-corrected chi connectivity index (χ1v) is 11.4. The average molecular weight is 565 g/mol. The largest absolute Gasteiger partial charge is 0.369 e. The number of anilines is 1. The Hall–Kier alpha value is -2.36. The summed E-state index contributed by atoms with van der Waals surface area (Å²) >= 11 is 0. The summed E-state index contributed by atoms with van der Waals surface area (Å²) < 4.78 is 13.6. The Labute approximate surface area is 212 Å². The lowest BCUT2D eigenvalue weighted by Gasteiger charge is -2.35. The number of amides is 1. The lowest BCUT2D eigenvalue weighted by atomic mass is 10.0. The number of guanidine groups is 1. The van der Waals surface area contributed by atoms with Gasteiger partial charge in [0.15, 0.2) is 5.96 Å². The summed E-state index contributed by atoms with van der Waals surface area (Å²) in [6.07, 6.45) is 3.72. The molecule has 1 atom stereocenters. The molecule has 1 amide bonds. The number of aliphatic imine (C=N–C) groups is 1. The van der Waals surface area contributed by atoms with Crippen LogP contribution >= 0.6 is 24.0 Å². The quantitative estimate of drug-likeness (QED) is 0.317. The van der Waals surface area contributed by atoms with Crippen molar-refractivity contribution in [2.75, 3.05) is 31.6 Å². The van der Waals surface area contributed by atoms with Crippen molar-refractivity contribution in [1.82, 2.24) is 15.5 Å². The van der Waals surface area contributed by atoms with Gasteiger partial charge in [-0.15, -0.1) is 24.0 Å². The van der Waals surface area contributed by atoms with Crippen molar-refractivity contribution in [3.8, 4) is 0 Å². The van der Waals surface area contributed by atoms with E-state index in [1.807, 2.05) is 17.0 Å². The lowest BCUT2D eigenvalue weighted by molar-refractivity contribution is -0.128. The Morgan fingerprint density at radius 2 is 1.94 bits per heavy atom. The number of carbonyl (C=O) groups excluding carboxylic acids is 1. The van der Waals surface area contributed by atoms with Crippen LogP contribution in [0.25, 0.3) is 0 Å². The first-order chi connectivity index (χ1) is 15.6. The smallest absolute Gasteiger partial charge is 0.222 e. The molecule has 6 nitrogen and oxygen atoms in total. The highest BCUT2D eigenvalue weighted by Crippen LogP contribution is 2.21. The normalized spacial score (nSPS) is 18.8. The first-order valence-electron chi connectivity index (χ1n) is 11.4. The van der Waals surface area contributed by atoms with E-state index in [1.54, 1.807) is 19.2 Å². The minimum Gasteiger partial charge on any atom is -0.369 e. The number of nitrogens with one attached hydrogen (secondary N) is 2. The van der Waals surface area contributed by atoms with E-state index in [1.165, 1.54) is 6.07 Å². The maximum Gasteiger partial charge on any atom is 0.222 e. The number of nitrogens with zero attached hydrogens (tertiary/aromatic N) is 3. The van der Waals surface area contributed by atoms with E-state index in [2.05, 4.69) is 38.7 Å². The maximum atomic E-state index is 13.6. The highest BCUT2D eigenvalue weighted by atomic mass is 127. The average Bonchev–Trinajstić information content (AvgIpc) is 3.21. The highest BCUT2D eigenvalue weighted by Gasteiger charge is 2.22. The number of hydrogen-bond donors (Lipinski definition) is 2. The number of carbonyl (C=O) groups is 1. The van der Waals surface area contributed by atoms with E-state index in [9.17, 15) is 9.18 Å². The molecule has 0 aliphatic carbocycles. The Balaban J connectivity index is 0.00000306. The van der Waals surface area contributed by atoms with E-state index < -0.39 is 0 Å². The van der Waals surface area contributed by atoms with Crippen LogP contribution in [-0.2, 0) is 17.9 Å². The number of hydrogen-bond acceptors (Lipinski definition) is 3. The fraction of sp³-hybridized carbons (Fsp3) is 0.440. The van der Waals surface area contributed by atoms with Gasteiger partial charge in [-0.3, -0.25) is 9.79 Å². The summed E-state index contributed by atoms with van der Waals surface area (Å²) in [5.41, 5.74) is 3.23. The van der Waals surface area contributed by atoms with Gasteiger partial charge in [-0.05, 0) is 48.6 Å². The van der Waals surface area contributed by atoms with Crippen molar-refractivity contribution in [2.24, 2.45) is 4.99 Å². The monoisotopic (exact) mass is 565 g/mol. The van der Waals surface area contributed by atoms with Crippen molar-refractivity contribution in [3.63, 3.8) is 0 Å². The third-order valence-corrected chi connectivity index (χ3v) is 6.16. The number of likely N-dealkylation sites (tertiary alicyclic amines) is 1. The van der Waals surface area contributed by atoms with Gasteiger partial charge in [0.05, 0.1) is 0 Å². The summed E-state index contributed by atoms with van der Waals surface area (Å²) in [6.45, 7) is 3.93. The molecule has 0 radical (unpaired) electrons. The second-order valence-electron chi connectivity index (χ2n) is 8.57. The van der Waals surface area contributed by atoms with Gasteiger partial charge in [0.25, 0.3) is 0 Å². The molecular weight excluding hydrogens is 532 g/mol. The Morgan fingerprint density at radius 3 is 2.70 bits per heavy atom. The van der Waals surface area contributed by atoms with Crippen molar-refractivity contribution in [2.45, 2.75) is 44.8 Å². The molecule has 0 bridgehead atoms. The standard InChI is InChI=1S/C25H32FN5O.HI/c1-27-25(29-22-9-4-12-30(18-22)23-10-3-8-21(26)15-23)28-16-19-6-2-7-20(14-19)17-31-13-5-11-24(31)32;/h2-3,6-8,10,14-15,22H,4-5,9,11-13,16-18H2,1H3,(H2,27,28,29);1H. The molecule has 2 saturated heterocycles. The SMILES string of the molecule is CN=C(NCc1cccc(CN2CCCC2=O)c1)NC1CCCN(c2cccc(F)c2)C1.I. The predicted octanol–water partition coefficient (Wildman–Crippen LogP) is 3.90. The van der Waals surface area contributed by atoms with Crippen LogP contribution < -0.4 is 15.5 Å². The predicted molar refractivity (Wildman–Crippen MR) is 141 cm³/mol. The molecular formula is C25H33FIN5O. The second kappa shape index (κ2) is 12.2. The molecule has 1 unspecified atom stereocenters. The van der Waals surface area contributed by atoms with Gasteiger partial charge in [0.1, 0.15) is 5.82 Å². The van der Waals surface area contributed by atoms with Crippen LogP contribution in [0.3, 0.4) is 0 Å². The minimum atomic E-state index is -0.202. The fourth-order valence-electron chi connectivity index (χ4n) is 4.51. The van der Waals surface area contributed by atoms with E-state index in [-0.39, 0.29) is 41.7 Å². The van der Waals surface area contributed by atoms with Crippen LogP contribution in [0.5, 0.6) is 0 Å². The molecule has 0 saturated carbocycles. The highest BCUT2D eigenvalue weighted by molar-refractivity contribution is 14.0. The minimum absolute atomic E-state index is 0. The summed E-state index contributed by atoms with van der Waals surface area (Å²) in [4.78, 5) is 20.4. The van der Waals surface area contributed by atoms with Crippen molar-refractivity contribution in [1.29, 1.82) is 0 Å². The molecule has 33 heavy (non-hydrogen) atoms. The Morgan fingerprint density at radius 1 is 1.12 bits per heavy atom. The third kappa shape index (κ3) is 7.06. The number of benzene rings is 2. The van der Waals surface area contributed by atoms with Gasteiger partial charge < -0.3 is 20.4 Å². The van der Waals surface area contributed by atoms with Crippen LogP contribution in [0.4, 0.5) is 10.1 Å². The Kier molecular flexibility index (Phi) is 9.34. The molecule has 8 heteroatoms. The zero-order chi connectivity index (χ0) is 22.3. The van der Waals surface area contributed by atoms with E-state index in [0.29, 0.717) is 19.5 Å². The maximum absolute atomic E-state index is 13.6.